The van der Waals surface area contributed by atoms with E-state index >= 15 is 0 Å². The van der Waals surface area contributed by atoms with Crippen LogP contribution >= 0.6 is 0 Å². The Bertz CT molecular complexity index is 475. The highest BCUT2D eigenvalue weighted by Gasteiger charge is 2.71. The van der Waals surface area contributed by atoms with Crippen molar-refractivity contribution in [3.63, 3.8) is 0 Å². The predicted molar refractivity (Wildman–Crippen MR) is 64.8 cm³/mol. The van der Waals surface area contributed by atoms with Crippen LogP contribution in [0.3, 0.4) is 0 Å². The van der Waals surface area contributed by atoms with Crippen molar-refractivity contribution in [1.82, 2.24) is 0 Å². The zero-order chi connectivity index (χ0) is 16.6. The Kier molecular flexibility index (Phi) is 3.42. The first kappa shape index (κ1) is 16.5. The van der Waals surface area contributed by atoms with E-state index in [9.17, 15) is 30.6 Å². The van der Waals surface area contributed by atoms with Gasteiger partial charge < -0.3 is 44.8 Å². The van der Waals surface area contributed by atoms with Crippen molar-refractivity contribution in [3.8, 4) is 0 Å². The van der Waals surface area contributed by atoms with Crippen LogP contribution in [0.2, 0.25) is 0 Å². The Balaban J connectivity index is 2.08. The van der Waals surface area contributed by atoms with E-state index in [1.165, 1.54) is 13.8 Å². The van der Waals surface area contributed by atoms with E-state index in [2.05, 4.69) is 0 Å². The van der Waals surface area contributed by atoms with Crippen molar-refractivity contribution in [2.75, 3.05) is 13.2 Å². The van der Waals surface area contributed by atoms with Crippen molar-refractivity contribution < 1.29 is 49.6 Å². The fourth-order valence-corrected chi connectivity index (χ4v) is 3.13. The second kappa shape index (κ2) is 4.57. The molecule has 0 radical (unpaired) electrons. The molecule has 128 valence electrons. The number of hydrogen-bond donors (Lipinski definition) is 6. The van der Waals surface area contributed by atoms with Gasteiger partial charge in [-0.05, 0) is 13.8 Å². The number of fused-ring (bicyclic) bond motifs is 4. The fourth-order valence-electron chi connectivity index (χ4n) is 3.13. The van der Waals surface area contributed by atoms with Crippen LogP contribution in [0, 0.1) is 0 Å². The largest absolute Gasteiger partial charge is 0.391 e. The van der Waals surface area contributed by atoms with Crippen LogP contribution in [-0.4, -0.2) is 91.4 Å². The summed E-state index contributed by atoms with van der Waals surface area (Å²) in [5, 5.41) is 60.2. The SMILES string of the molecule is CC12COC3(O)OC(C)(OC(CO)(O1)[C@@H](O)[C@H]2O)[C@H](O)[C@@H]3O. The number of rotatable bonds is 1. The van der Waals surface area contributed by atoms with E-state index in [0.29, 0.717) is 0 Å². The van der Waals surface area contributed by atoms with Gasteiger partial charge in [-0.1, -0.05) is 0 Å². The molecule has 10 nitrogen and oxygen atoms in total. The lowest BCUT2D eigenvalue weighted by atomic mass is 9.96. The Morgan fingerprint density at radius 2 is 1.55 bits per heavy atom. The van der Waals surface area contributed by atoms with Crippen molar-refractivity contribution >= 4 is 0 Å². The molecule has 0 aromatic rings. The van der Waals surface area contributed by atoms with Gasteiger partial charge in [0.05, 0.1) is 6.61 Å². The molecule has 8 atom stereocenters. The van der Waals surface area contributed by atoms with Crippen LogP contribution in [-0.2, 0) is 18.9 Å². The predicted octanol–water partition coefficient (Wildman–Crippen LogP) is -3.65. The maximum atomic E-state index is 10.2. The third-order valence-corrected chi connectivity index (χ3v) is 4.50. The van der Waals surface area contributed by atoms with Crippen LogP contribution < -0.4 is 0 Å². The highest BCUT2D eigenvalue weighted by molar-refractivity contribution is 5.08. The van der Waals surface area contributed by atoms with Crippen molar-refractivity contribution in [3.05, 3.63) is 0 Å². The monoisotopic (exact) mass is 324 g/mol. The molecule has 3 aliphatic rings. The standard InChI is InChI=1S/C12H20O10/c1-9-4-19-12(18)8(17)6(15)10(2,22-12)21-11(3-13,20-9)7(16)5(9)14/h5-8,13-18H,3-4H2,1-2H3/t5-,6-,7+,8+,9?,10?,11?,12?/m1/s1. The molecule has 3 fully saturated rings. The molecule has 0 amide bonds. The Hall–Kier alpha value is -0.400. The zero-order valence-electron chi connectivity index (χ0n) is 12.0. The van der Waals surface area contributed by atoms with Gasteiger partial charge in [-0.2, -0.15) is 0 Å². The van der Waals surface area contributed by atoms with E-state index in [1.807, 2.05) is 0 Å². The van der Waals surface area contributed by atoms with Crippen LogP contribution in [0.15, 0.2) is 0 Å². The van der Waals surface area contributed by atoms with Gasteiger partial charge in [0, 0.05) is 0 Å². The molecule has 22 heavy (non-hydrogen) atoms. The first-order valence-corrected chi connectivity index (χ1v) is 6.82. The van der Waals surface area contributed by atoms with Crippen LogP contribution in [0.1, 0.15) is 13.8 Å². The van der Waals surface area contributed by atoms with Crippen LogP contribution in [0.4, 0.5) is 0 Å². The summed E-state index contributed by atoms with van der Waals surface area (Å²) in [6, 6.07) is 0. The molecule has 3 aliphatic heterocycles. The molecule has 4 unspecified atom stereocenters. The lowest BCUT2D eigenvalue weighted by molar-refractivity contribution is -0.433. The molecular formula is C12H20O10. The van der Waals surface area contributed by atoms with Crippen molar-refractivity contribution in [1.29, 1.82) is 0 Å². The van der Waals surface area contributed by atoms with E-state index in [-0.39, 0.29) is 0 Å². The summed E-state index contributed by atoms with van der Waals surface area (Å²) in [6.45, 7) is 1.16. The van der Waals surface area contributed by atoms with Gasteiger partial charge in [0.15, 0.2) is 6.10 Å². The zero-order valence-corrected chi connectivity index (χ0v) is 12.0. The molecular weight excluding hydrogens is 304 g/mol. The Labute approximate surface area is 125 Å². The molecule has 0 aliphatic carbocycles. The van der Waals surface area contributed by atoms with Gasteiger partial charge in [-0.15, -0.1) is 0 Å². The smallest absolute Gasteiger partial charge is 0.313 e. The van der Waals surface area contributed by atoms with Crippen LogP contribution in [0.5, 0.6) is 0 Å². The quantitative estimate of drug-likeness (QED) is 0.284. The van der Waals surface area contributed by atoms with Gasteiger partial charge >= 0.3 is 5.97 Å². The minimum atomic E-state index is -2.59. The van der Waals surface area contributed by atoms with E-state index in [1.54, 1.807) is 0 Å². The highest BCUT2D eigenvalue weighted by Crippen LogP contribution is 2.49. The lowest BCUT2D eigenvalue weighted by Crippen LogP contribution is -2.57. The molecule has 0 aromatic heterocycles. The average Bonchev–Trinajstić information content (AvgIpc) is 2.76. The average molecular weight is 324 g/mol. The Morgan fingerprint density at radius 3 is 2.14 bits per heavy atom. The summed E-state index contributed by atoms with van der Waals surface area (Å²) in [6.07, 6.45) is -6.83. The fraction of sp³-hybridized carbons (Fsp3) is 1.00. The molecule has 3 saturated heterocycles. The maximum absolute atomic E-state index is 10.2. The number of aliphatic hydroxyl groups excluding tert-OH is 5. The molecule has 0 spiro atoms. The van der Waals surface area contributed by atoms with Crippen molar-refractivity contribution in [2.45, 2.75) is 61.4 Å². The van der Waals surface area contributed by atoms with Crippen LogP contribution in [0.25, 0.3) is 0 Å². The summed E-state index contributed by atoms with van der Waals surface area (Å²) in [5.41, 5.74) is -1.55. The van der Waals surface area contributed by atoms with E-state index < -0.39 is 60.8 Å². The summed E-state index contributed by atoms with van der Waals surface area (Å²) >= 11 is 0. The molecule has 0 saturated carbocycles. The summed E-state index contributed by atoms with van der Waals surface area (Å²) < 4.78 is 21.1. The molecule has 10 heteroatoms. The first-order chi connectivity index (χ1) is 10.0. The minimum Gasteiger partial charge on any atom is -0.391 e. The molecule has 0 aromatic carbocycles. The minimum absolute atomic E-state index is 0.507. The van der Waals surface area contributed by atoms with Gasteiger partial charge in [0.25, 0.3) is 0 Å². The van der Waals surface area contributed by atoms with Gasteiger partial charge in [0.2, 0.25) is 11.6 Å². The Morgan fingerprint density at radius 1 is 0.909 bits per heavy atom. The summed E-state index contributed by atoms with van der Waals surface area (Å²) in [7, 11) is 0. The second-order valence-electron chi connectivity index (χ2n) is 6.30. The topological polar surface area (TPSA) is 158 Å². The number of hydrogen-bond acceptors (Lipinski definition) is 10. The molecule has 6 N–H and O–H groups in total. The molecule has 3 rings (SSSR count). The van der Waals surface area contributed by atoms with Gasteiger partial charge in [-0.25, -0.2) is 0 Å². The summed E-state index contributed by atoms with van der Waals surface area (Å²) in [5.74, 6) is -6.78. The van der Waals surface area contributed by atoms with E-state index in [4.69, 9.17) is 18.9 Å². The highest BCUT2D eigenvalue weighted by atomic mass is 16.9. The molecule has 3 heterocycles. The van der Waals surface area contributed by atoms with E-state index in [0.717, 1.165) is 0 Å². The normalized spacial score (nSPS) is 61.6. The first-order valence-electron chi connectivity index (χ1n) is 6.82. The second-order valence-corrected chi connectivity index (χ2v) is 6.30. The number of ether oxygens (including phenoxy) is 4. The number of aliphatic hydroxyl groups is 6. The van der Waals surface area contributed by atoms with Gasteiger partial charge in [-0.3, -0.25) is 4.74 Å². The molecule has 4 bridgehead atoms. The third kappa shape index (κ3) is 1.91. The summed E-state index contributed by atoms with van der Waals surface area (Å²) in [4.78, 5) is 0. The third-order valence-electron chi connectivity index (χ3n) is 4.50. The van der Waals surface area contributed by atoms with Crippen molar-refractivity contribution in [2.24, 2.45) is 0 Å². The van der Waals surface area contributed by atoms with Gasteiger partial charge in [0.1, 0.15) is 30.5 Å². The maximum Gasteiger partial charge on any atom is 0.313 e. The lowest BCUT2D eigenvalue weighted by Gasteiger charge is -2.38.